The van der Waals surface area contributed by atoms with Crippen molar-refractivity contribution >= 4 is 0 Å². The summed E-state index contributed by atoms with van der Waals surface area (Å²) in [6.07, 6.45) is 8.33. The van der Waals surface area contributed by atoms with Crippen LogP contribution in [-0.4, -0.2) is 25.7 Å². The summed E-state index contributed by atoms with van der Waals surface area (Å²) >= 11 is 0. The van der Waals surface area contributed by atoms with Crippen molar-refractivity contribution in [2.75, 3.05) is 19.6 Å². The van der Waals surface area contributed by atoms with E-state index >= 15 is 0 Å². The SMILES string of the molecule is CCCNCC(C)NCC1(CC)CCCC1. The molecule has 0 aliphatic heterocycles. The summed E-state index contributed by atoms with van der Waals surface area (Å²) in [4.78, 5) is 0. The molecule has 1 saturated carbocycles. The summed E-state index contributed by atoms with van der Waals surface area (Å²) in [7, 11) is 0. The zero-order valence-corrected chi connectivity index (χ0v) is 11.4. The molecular formula is C14H30N2. The Morgan fingerprint density at radius 3 is 2.44 bits per heavy atom. The van der Waals surface area contributed by atoms with Crippen LogP contribution in [0.15, 0.2) is 0 Å². The number of nitrogens with one attached hydrogen (secondary N) is 2. The predicted octanol–water partition coefficient (Wildman–Crippen LogP) is 2.93. The lowest BCUT2D eigenvalue weighted by Gasteiger charge is -2.29. The Bertz CT molecular complexity index is 174. The van der Waals surface area contributed by atoms with E-state index in [1.807, 2.05) is 0 Å². The van der Waals surface area contributed by atoms with Crippen LogP contribution in [0.25, 0.3) is 0 Å². The van der Waals surface area contributed by atoms with Crippen LogP contribution in [-0.2, 0) is 0 Å². The molecule has 0 amide bonds. The smallest absolute Gasteiger partial charge is 0.0164 e. The summed E-state index contributed by atoms with van der Waals surface area (Å²) in [5.74, 6) is 0. The predicted molar refractivity (Wildman–Crippen MR) is 71.8 cm³/mol. The second-order valence-electron chi connectivity index (χ2n) is 5.55. The fraction of sp³-hybridized carbons (Fsp3) is 1.00. The lowest BCUT2D eigenvalue weighted by Crippen LogP contribution is -2.42. The van der Waals surface area contributed by atoms with Crippen LogP contribution < -0.4 is 10.6 Å². The highest BCUT2D eigenvalue weighted by Crippen LogP contribution is 2.40. The molecule has 0 heterocycles. The minimum absolute atomic E-state index is 0.607. The lowest BCUT2D eigenvalue weighted by molar-refractivity contribution is 0.257. The van der Waals surface area contributed by atoms with Gasteiger partial charge in [0, 0.05) is 19.1 Å². The maximum absolute atomic E-state index is 3.71. The topological polar surface area (TPSA) is 24.1 Å². The molecule has 2 N–H and O–H groups in total. The van der Waals surface area contributed by atoms with Crippen LogP contribution in [0.1, 0.15) is 59.3 Å². The van der Waals surface area contributed by atoms with Crippen molar-refractivity contribution in [1.82, 2.24) is 10.6 Å². The first kappa shape index (κ1) is 14.0. The van der Waals surface area contributed by atoms with Gasteiger partial charge in [-0.05, 0) is 44.6 Å². The van der Waals surface area contributed by atoms with Crippen molar-refractivity contribution in [3.8, 4) is 0 Å². The van der Waals surface area contributed by atoms with Crippen LogP contribution in [0.2, 0.25) is 0 Å². The van der Waals surface area contributed by atoms with E-state index in [1.54, 1.807) is 0 Å². The minimum Gasteiger partial charge on any atom is -0.315 e. The van der Waals surface area contributed by atoms with E-state index in [4.69, 9.17) is 0 Å². The molecule has 0 aromatic carbocycles. The van der Waals surface area contributed by atoms with Gasteiger partial charge >= 0.3 is 0 Å². The molecule has 16 heavy (non-hydrogen) atoms. The monoisotopic (exact) mass is 226 g/mol. The molecule has 1 rings (SSSR count). The Labute approximate surface area is 102 Å². The fourth-order valence-corrected chi connectivity index (χ4v) is 2.74. The third-order valence-corrected chi connectivity index (χ3v) is 4.12. The van der Waals surface area contributed by atoms with E-state index in [0.29, 0.717) is 11.5 Å². The highest BCUT2D eigenvalue weighted by molar-refractivity contribution is 4.86. The molecule has 0 radical (unpaired) electrons. The molecule has 1 unspecified atom stereocenters. The Morgan fingerprint density at radius 1 is 1.19 bits per heavy atom. The van der Waals surface area contributed by atoms with Gasteiger partial charge in [0.1, 0.15) is 0 Å². The zero-order chi connectivity index (χ0) is 11.9. The molecule has 2 nitrogen and oxygen atoms in total. The number of rotatable bonds is 8. The van der Waals surface area contributed by atoms with Gasteiger partial charge in [0.2, 0.25) is 0 Å². The van der Waals surface area contributed by atoms with Crippen molar-refractivity contribution < 1.29 is 0 Å². The summed E-state index contributed by atoms with van der Waals surface area (Å²) in [5.41, 5.74) is 0.624. The Balaban J connectivity index is 2.16. The van der Waals surface area contributed by atoms with Crippen LogP contribution in [0, 0.1) is 5.41 Å². The third kappa shape index (κ3) is 4.42. The molecule has 96 valence electrons. The molecule has 0 bridgehead atoms. The highest BCUT2D eigenvalue weighted by Gasteiger charge is 2.31. The van der Waals surface area contributed by atoms with Gasteiger partial charge in [-0.2, -0.15) is 0 Å². The first-order chi connectivity index (χ1) is 7.72. The summed E-state index contributed by atoms with van der Waals surface area (Å²) in [6.45, 7) is 10.3. The zero-order valence-electron chi connectivity index (χ0n) is 11.4. The van der Waals surface area contributed by atoms with Crippen LogP contribution >= 0.6 is 0 Å². The summed E-state index contributed by atoms with van der Waals surface area (Å²) in [5, 5.41) is 7.19. The highest BCUT2D eigenvalue weighted by atomic mass is 15.0. The van der Waals surface area contributed by atoms with Crippen LogP contribution in [0.5, 0.6) is 0 Å². The normalized spacial score (nSPS) is 21.2. The summed E-state index contributed by atoms with van der Waals surface area (Å²) < 4.78 is 0. The van der Waals surface area contributed by atoms with Gasteiger partial charge in [0.05, 0.1) is 0 Å². The fourth-order valence-electron chi connectivity index (χ4n) is 2.74. The molecule has 2 heteroatoms. The molecule has 1 fully saturated rings. The van der Waals surface area contributed by atoms with E-state index in [1.165, 1.54) is 45.1 Å². The van der Waals surface area contributed by atoms with Crippen molar-refractivity contribution in [3.05, 3.63) is 0 Å². The molecular weight excluding hydrogens is 196 g/mol. The minimum atomic E-state index is 0.607. The number of hydrogen-bond donors (Lipinski definition) is 2. The second-order valence-corrected chi connectivity index (χ2v) is 5.55. The standard InChI is InChI=1S/C14H30N2/c1-4-10-15-11-13(3)16-12-14(5-2)8-6-7-9-14/h13,15-16H,4-12H2,1-3H3. The molecule has 0 spiro atoms. The molecule has 1 aliphatic carbocycles. The average Bonchev–Trinajstić information content (AvgIpc) is 2.76. The maximum atomic E-state index is 3.71. The van der Waals surface area contributed by atoms with Gasteiger partial charge in [-0.25, -0.2) is 0 Å². The Kier molecular flexibility index (Phi) is 6.37. The van der Waals surface area contributed by atoms with Crippen molar-refractivity contribution in [1.29, 1.82) is 0 Å². The molecule has 0 saturated heterocycles. The van der Waals surface area contributed by atoms with Gasteiger partial charge in [-0.3, -0.25) is 0 Å². The molecule has 0 aromatic heterocycles. The molecule has 1 atom stereocenters. The largest absolute Gasteiger partial charge is 0.315 e. The van der Waals surface area contributed by atoms with E-state index < -0.39 is 0 Å². The quantitative estimate of drug-likeness (QED) is 0.622. The van der Waals surface area contributed by atoms with Crippen LogP contribution in [0.4, 0.5) is 0 Å². The Morgan fingerprint density at radius 2 is 1.88 bits per heavy atom. The third-order valence-electron chi connectivity index (χ3n) is 4.12. The maximum Gasteiger partial charge on any atom is 0.0164 e. The summed E-state index contributed by atoms with van der Waals surface area (Å²) in [6, 6.07) is 0.607. The van der Waals surface area contributed by atoms with E-state index in [-0.39, 0.29) is 0 Å². The van der Waals surface area contributed by atoms with Crippen molar-refractivity contribution in [2.45, 2.75) is 65.3 Å². The van der Waals surface area contributed by atoms with E-state index in [0.717, 1.165) is 13.1 Å². The van der Waals surface area contributed by atoms with Crippen LogP contribution in [0.3, 0.4) is 0 Å². The molecule has 0 aromatic rings. The van der Waals surface area contributed by atoms with Gasteiger partial charge in [-0.1, -0.05) is 26.7 Å². The number of hydrogen-bond acceptors (Lipinski definition) is 2. The van der Waals surface area contributed by atoms with E-state index in [2.05, 4.69) is 31.4 Å². The van der Waals surface area contributed by atoms with Crippen molar-refractivity contribution in [3.63, 3.8) is 0 Å². The Hall–Kier alpha value is -0.0800. The van der Waals surface area contributed by atoms with Gasteiger partial charge in [-0.15, -0.1) is 0 Å². The van der Waals surface area contributed by atoms with Gasteiger partial charge in [0.25, 0.3) is 0 Å². The molecule has 1 aliphatic rings. The first-order valence-electron chi connectivity index (χ1n) is 7.16. The van der Waals surface area contributed by atoms with Crippen molar-refractivity contribution in [2.24, 2.45) is 5.41 Å². The second kappa shape index (κ2) is 7.29. The van der Waals surface area contributed by atoms with Gasteiger partial charge < -0.3 is 10.6 Å². The van der Waals surface area contributed by atoms with Gasteiger partial charge in [0.15, 0.2) is 0 Å². The first-order valence-corrected chi connectivity index (χ1v) is 7.16. The average molecular weight is 226 g/mol. The lowest BCUT2D eigenvalue weighted by atomic mass is 9.83. The van der Waals surface area contributed by atoms with E-state index in [9.17, 15) is 0 Å².